The van der Waals surface area contributed by atoms with Crippen molar-refractivity contribution in [3.63, 3.8) is 0 Å². The number of hydrogen-bond donors (Lipinski definition) is 3. The van der Waals surface area contributed by atoms with Crippen LogP contribution in [0.3, 0.4) is 0 Å². The van der Waals surface area contributed by atoms with Gasteiger partial charge in [-0.3, -0.25) is 5.01 Å². The Bertz CT molecular complexity index is 825. The summed E-state index contributed by atoms with van der Waals surface area (Å²) in [5, 5.41) is 4.02. The topological polar surface area (TPSA) is 39.3 Å². The lowest BCUT2D eigenvalue weighted by Crippen LogP contribution is -2.43. The maximum atomic E-state index is 6.51. The Balaban J connectivity index is 1.77. The molecule has 0 aliphatic carbocycles. The molecule has 2 aromatic carbocycles. The van der Waals surface area contributed by atoms with Crippen molar-refractivity contribution in [2.45, 2.75) is 44.7 Å². The van der Waals surface area contributed by atoms with Crippen molar-refractivity contribution in [1.82, 2.24) is 16.3 Å². The number of nitrogens with zero attached hydrogens (tertiary/aromatic N) is 1. The average Bonchev–Trinajstić information content (AvgIpc) is 3.13. The van der Waals surface area contributed by atoms with Crippen LogP contribution in [0, 0.1) is 0 Å². The van der Waals surface area contributed by atoms with E-state index in [1.54, 1.807) is 6.07 Å². The minimum Gasteiger partial charge on any atom is -0.325 e. The first kappa shape index (κ1) is 22.3. The fraction of sp³-hybridized carbons (Fsp3) is 0.364. The highest BCUT2D eigenvalue weighted by Gasteiger charge is 2.35. The summed E-state index contributed by atoms with van der Waals surface area (Å²) in [5.74, 6) is 0. The van der Waals surface area contributed by atoms with Gasteiger partial charge in [0.2, 0.25) is 0 Å². The number of nitrogens with one attached hydrogen (secondary N) is 3. The van der Waals surface area contributed by atoms with E-state index in [0.29, 0.717) is 10.0 Å². The molecule has 2 unspecified atom stereocenters. The molecule has 2 atom stereocenters. The molecule has 2 aromatic rings. The molecule has 3 rings (SSSR count). The highest BCUT2D eigenvalue weighted by Crippen LogP contribution is 2.39. The van der Waals surface area contributed by atoms with Crippen LogP contribution in [0.4, 0.5) is 5.69 Å². The average molecular weight is 454 g/mol. The molecular formula is C22H27Cl3N4. The van der Waals surface area contributed by atoms with Crippen LogP contribution in [0.25, 0.3) is 0 Å². The van der Waals surface area contributed by atoms with Crippen LogP contribution in [0.5, 0.6) is 0 Å². The number of anilines is 1. The zero-order valence-corrected chi connectivity index (χ0v) is 18.8. The Morgan fingerprint density at radius 1 is 1.10 bits per heavy atom. The minimum absolute atomic E-state index is 0.0427. The summed E-state index contributed by atoms with van der Waals surface area (Å²) in [6, 6.07) is 13.6. The molecule has 1 aliphatic heterocycles. The van der Waals surface area contributed by atoms with E-state index in [9.17, 15) is 0 Å². The predicted molar refractivity (Wildman–Crippen MR) is 124 cm³/mol. The molecule has 156 valence electrons. The third-order valence-electron chi connectivity index (χ3n) is 5.06. The van der Waals surface area contributed by atoms with E-state index >= 15 is 0 Å². The predicted octanol–water partition coefficient (Wildman–Crippen LogP) is 6.27. The standard InChI is InChI=1S/C22H27Cl3N4/c1-3-4-5-12-26-27-15(2)20-14-22(16-6-8-17(23)9-7-16)29(28-20)21-11-10-18(24)13-19(21)25/h6-11,13,20,22,26-28H,2-5,12,14H2,1H3. The van der Waals surface area contributed by atoms with Gasteiger partial charge in [0.15, 0.2) is 0 Å². The number of benzene rings is 2. The first-order chi connectivity index (χ1) is 14.0. The van der Waals surface area contributed by atoms with Crippen molar-refractivity contribution in [2.75, 3.05) is 11.6 Å². The van der Waals surface area contributed by atoms with Gasteiger partial charge in [-0.25, -0.2) is 10.9 Å². The van der Waals surface area contributed by atoms with Gasteiger partial charge in [-0.05, 0) is 48.7 Å². The van der Waals surface area contributed by atoms with Gasteiger partial charge in [-0.1, -0.05) is 73.3 Å². The Morgan fingerprint density at radius 3 is 2.52 bits per heavy atom. The molecule has 0 bridgehead atoms. The Labute approximate surface area is 188 Å². The molecule has 0 aromatic heterocycles. The van der Waals surface area contributed by atoms with Crippen LogP contribution in [0.15, 0.2) is 54.7 Å². The highest BCUT2D eigenvalue weighted by atomic mass is 35.5. The second-order valence-electron chi connectivity index (χ2n) is 7.23. The lowest BCUT2D eigenvalue weighted by Gasteiger charge is -2.28. The van der Waals surface area contributed by atoms with Gasteiger partial charge in [0.05, 0.1) is 22.8 Å². The van der Waals surface area contributed by atoms with E-state index in [1.807, 2.05) is 36.4 Å². The Kier molecular flexibility index (Phi) is 8.10. The number of unbranched alkanes of at least 4 members (excludes halogenated alkanes) is 2. The van der Waals surface area contributed by atoms with Crippen molar-refractivity contribution in [3.8, 4) is 0 Å². The lowest BCUT2D eigenvalue weighted by molar-refractivity contribution is 0.516. The monoisotopic (exact) mass is 452 g/mol. The summed E-state index contributed by atoms with van der Waals surface area (Å²) in [6.45, 7) is 7.33. The Morgan fingerprint density at radius 2 is 1.83 bits per heavy atom. The van der Waals surface area contributed by atoms with Gasteiger partial charge >= 0.3 is 0 Å². The van der Waals surface area contributed by atoms with Crippen LogP contribution >= 0.6 is 34.8 Å². The van der Waals surface area contributed by atoms with Crippen molar-refractivity contribution >= 4 is 40.5 Å². The molecular weight excluding hydrogens is 427 g/mol. The summed E-state index contributed by atoms with van der Waals surface area (Å²) >= 11 is 18.7. The number of hydrazine groups is 2. The zero-order valence-electron chi connectivity index (χ0n) is 16.5. The zero-order chi connectivity index (χ0) is 20.8. The van der Waals surface area contributed by atoms with Gasteiger partial charge in [-0.2, -0.15) is 0 Å². The van der Waals surface area contributed by atoms with Gasteiger partial charge < -0.3 is 5.43 Å². The molecule has 7 heteroatoms. The fourth-order valence-electron chi connectivity index (χ4n) is 3.47. The summed E-state index contributed by atoms with van der Waals surface area (Å²) in [5.41, 5.74) is 13.0. The maximum absolute atomic E-state index is 6.51. The van der Waals surface area contributed by atoms with E-state index < -0.39 is 0 Å². The van der Waals surface area contributed by atoms with Gasteiger partial charge in [0.1, 0.15) is 0 Å². The van der Waals surface area contributed by atoms with E-state index in [4.69, 9.17) is 34.8 Å². The van der Waals surface area contributed by atoms with E-state index in [0.717, 1.165) is 41.4 Å². The van der Waals surface area contributed by atoms with Gasteiger partial charge in [0, 0.05) is 22.3 Å². The van der Waals surface area contributed by atoms with E-state index in [2.05, 4.69) is 34.8 Å². The van der Waals surface area contributed by atoms with Gasteiger partial charge in [-0.15, -0.1) is 0 Å². The molecule has 1 saturated heterocycles. The van der Waals surface area contributed by atoms with Crippen LogP contribution in [-0.2, 0) is 0 Å². The molecule has 3 N–H and O–H groups in total. The van der Waals surface area contributed by atoms with Gasteiger partial charge in [0.25, 0.3) is 0 Å². The molecule has 0 spiro atoms. The SMILES string of the molecule is C=C(NNCCCCC)C1CC(c2ccc(Cl)cc2)N(c2ccc(Cl)cc2Cl)N1. The van der Waals surface area contributed by atoms with Crippen molar-refractivity contribution in [1.29, 1.82) is 0 Å². The second kappa shape index (κ2) is 10.6. The first-order valence-corrected chi connectivity index (χ1v) is 11.1. The third-order valence-corrected chi connectivity index (χ3v) is 5.85. The number of halogens is 3. The Hall–Kier alpha value is -1.43. The molecule has 0 amide bonds. The minimum atomic E-state index is 0.0427. The van der Waals surface area contributed by atoms with Crippen molar-refractivity contribution in [3.05, 3.63) is 75.4 Å². The van der Waals surface area contributed by atoms with Crippen LogP contribution < -0.4 is 21.3 Å². The normalized spacial score (nSPS) is 18.8. The summed E-state index contributed by atoms with van der Waals surface area (Å²) < 4.78 is 0. The molecule has 0 radical (unpaired) electrons. The molecule has 29 heavy (non-hydrogen) atoms. The third kappa shape index (κ3) is 5.80. The van der Waals surface area contributed by atoms with Crippen LogP contribution in [0.1, 0.15) is 44.2 Å². The summed E-state index contributed by atoms with van der Waals surface area (Å²) in [4.78, 5) is 0. The van der Waals surface area contributed by atoms with Crippen molar-refractivity contribution < 1.29 is 0 Å². The smallest absolute Gasteiger partial charge is 0.0724 e. The van der Waals surface area contributed by atoms with Crippen LogP contribution in [-0.4, -0.2) is 12.6 Å². The fourth-order valence-corrected chi connectivity index (χ4v) is 4.10. The largest absolute Gasteiger partial charge is 0.325 e. The van der Waals surface area contributed by atoms with Crippen molar-refractivity contribution in [2.24, 2.45) is 0 Å². The highest BCUT2D eigenvalue weighted by molar-refractivity contribution is 6.36. The van der Waals surface area contributed by atoms with E-state index in [1.165, 1.54) is 12.8 Å². The number of rotatable bonds is 9. The maximum Gasteiger partial charge on any atom is 0.0724 e. The molecule has 1 heterocycles. The number of hydrogen-bond acceptors (Lipinski definition) is 4. The quantitative estimate of drug-likeness (QED) is 0.309. The van der Waals surface area contributed by atoms with E-state index in [-0.39, 0.29) is 12.1 Å². The molecule has 0 saturated carbocycles. The molecule has 1 fully saturated rings. The second-order valence-corrected chi connectivity index (χ2v) is 8.51. The molecule has 1 aliphatic rings. The summed E-state index contributed by atoms with van der Waals surface area (Å²) in [6.07, 6.45) is 4.38. The molecule has 4 nitrogen and oxygen atoms in total. The first-order valence-electron chi connectivity index (χ1n) is 9.93. The van der Waals surface area contributed by atoms with Crippen LogP contribution in [0.2, 0.25) is 15.1 Å². The lowest BCUT2D eigenvalue weighted by atomic mass is 10.00. The summed E-state index contributed by atoms with van der Waals surface area (Å²) in [7, 11) is 0.